The summed E-state index contributed by atoms with van der Waals surface area (Å²) in [4.78, 5) is 23.6. The Morgan fingerprint density at radius 2 is 2.22 bits per heavy atom. The first kappa shape index (κ1) is 15.8. The average molecular weight is 333 g/mol. The van der Waals surface area contributed by atoms with Crippen molar-refractivity contribution in [3.63, 3.8) is 0 Å². The van der Waals surface area contributed by atoms with Gasteiger partial charge in [-0.1, -0.05) is 23.8 Å². The molecule has 0 bridgehead atoms. The van der Waals surface area contributed by atoms with E-state index in [9.17, 15) is 9.59 Å². The highest BCUT2D eigenvalue weighted by Gasteiger charge is 2.16. The number of esters is 1. The van der Waals surface area contributed by atoms with E-state index in [-0.39, 0.29) is 18.5 Å². The Bertz CT molecular complexity index is 835. The summed E-state index contributed by atoms with van der Waals surface area (Å²) in [7, 11) is 0. The van der Waals surface area contributed by atoms with Crippen molar-refractivity contribution >= 4 is 28.5 Å². The summed E-state index contributed by atoms with van der Waals surface area (Å²) in [5.41, 5.74) is 1.41. The lowest BCUT2D eigenvalue weighted by Gasteiger charge is -2.10. The zero-order valence-electron chi connectivity index (χ0n) is 12.8. The van der Waals surface area contributed by atoms with Gasteiger partial charge in [0, 0.05) is 22.0 Å². The van der Waals surface area contributed by atoms with E-state index < -0.39 is 5.63 Å². The summed E-state index contributed by atoms with van der Waals surface area (Å²) in [6.45, 7) is 1.88. The molecule has 0 N–H and O–H groups in total. The van der Waals surface area contributed by atoms with Crippen LogP contribution in [0.25, 0.3) is 11.0 Å². The topological polar surface area (TPSA) is 56.5 Å². The second-order valence-corrected chi connectivity index (χ2v) is 6.23. The van der Waals surface area contributed by atoms with E-state index >= 15 is 0 Å². The molecule has 2 aromatic rings. The SMILES string of the molecule is Cc1cc2oc(=O)cc(COC(=O)C[C@@H]3C=CCC3)c2cc1Cl. The number of aryl methyl sites for hydroxylation is 1. The van der Waals surface area contributed by atoms with Gasteiger partial charge in [-0.3, -0.25) is 4.79 Å². The summed E-state index contributed by atoms with van der Waals surface area (Å²) >= 11 is 6.14. The molecule has 1 aromatic heterocycles. The van der Waals surface area contributed by atoms with Gasteiger partial charge in [0.05, 0.1) is 6.42 Å². The maximum atomic E-state index is 11.9. The van der Waals surface area contributed by atoms with Crippen molar-refractivity contribution in [1.29, 1.82) is 0 Å². The van der Waals surface area contributed by atoms with Crippen LogP contribution >= 0.6 is 11.6 Å². The summed E-state index contributed by atoms with van der Waals surface area (Å²) in [6.07, 6.45) is 6.51. The van der Waals surface area contributed by atoms with Crippen LogP contribution in [0.1, 0.15) is 30.4 Å². The lowest BCUT2D eigenvalue weighted by molar-refractivity contribution is -0.145. The molecule has 0 spiro atoms. The van der Waals surface area contributed by atoms with Gasteiger partial charge in [0.1, 0.15) is 12.2 Å². The number of halogens is 1. The molecule has 3 rings (SSSR count). The molecule has 4 nitrogen and oxygen atoms in total. The Kier molecular flexibility index (Phi) is 4.53. The second kappa shape index (κ2) is 6.59. The van der Waals surface area contributed by atoms with Gasteiger partial charge in [-0.25, -0.2) is 4.79 Å². The fraction of sp³-hybridized carbons (Fsp3) is 0.333. The first-order valence-electron chi connectivity index (χ1n) is 7.58. The highest BCUT2D eigenvalue weighted by molar-refractivity contribution is 6.32. The first-order chi connectivity index (χ1) is 11.0. The number of rotatable bonds is 4. The van der Waals surface area contributed by atoms with Crippen LogP contribution in [0.5, 0.6) is 0 Å². The molecule has 0 radical (unpaired) electrons. The van der Waals surface area contributed by atoms with E-state index in [0.29, 0.717) is 28.0 Å². The maximum absolute atomic E-state index is 11.9. The van der Waals surface area contributed by atoms with Gasteiger partial charge in [0.15, 0.2) is 0 Å². The minimum Gasteiger partial charge on any atom is -0.461 e. The van der Waals surface area contributed by atoms with Gasteiger partial charge < -0.3 is 9.15 Å². The zero-order valence-corrected chi connectivity index (χ0v) is 13.6. The van der Waals surface area contributed by atoms with Crippen LogP contribution in [-0.2, 0) is 16.1 Å². The van der Waals surface area contributed by atoms with E-state index in [1.54, 1.807) is 12.1 Å². The molecule has 1 heterocycles. The lowest BCUT2D eigenvalue weighted by atomic mass is 10.1. The molecular formula is C18H17ClO4. The molecule has 0 fully saturated rings. The smallest absolute Gasteiger partial charge is 0.336 e. The number of carbonyl (C=O) groups is 1. The van der Waals surface area contributed by atoms with E-state index in [2.05, 4.69) is 12.2 Å². The number of hydrogen-bond acceptors (Lipinski definition) is 4. The van der Waals surface area contributed by atoms with Crippen LogP contribution < -0.4 is 5.63 Å². The number of benzene rings is 1. The predicted octanol–water partition coefficient (Wildman–Crippen LogP) is 4.15. The number of fused-ring (bicyclic) bond motifs is 1. The lowest BCUT2D eigenvalue weighted by Crippen LogP contribution is -2.10. The third-order valence-corrected chi connectivity index (χ3v) is 4.45. The van der Waals surface area contributed by atoms with Gasteiger partial charge in [-0.2, -0.15) is 0 Å². The van der Waals surface area contributed by atoms with Gasteiger partial charge in [-0.05, 0) is 43.4 Å². The Hall–Kier alpha value is -2.07. The zero-order chi connectivity index (χ0) is 16.4. The summed E-state index contributed by atoms with van der Waals surface area (Å²) in [6, 6.07) is 4.79. The maximum Gasteiger partial charge on any atom is 0.336 e. The number of ether oxygens (including phenoxy) is 1. The minimum atomic E-state index is -0.469. The molecule has 0 saturated heterocycles. The van der Waals surface area contributed by atoms with Crippen molar-refractivity contribution in [2.24, 2.45) is 5.92 Å². The first-order valence-corrected chi connectivity index (χ1v) is 7.96. The van der Waals surface area contributed by atoms with Crippen LogP contribution in [0.4, 0.5) is 0 Å². The number of carbonyl (C=O) groups excluding carboxylic acids is 1. The van der Waals surface area contributed by atoms with Gasteiger partial charge >= 0.3 is 11.6 Å². The average Bonchev–Trinajstić information content (AvgIpc) is 2.99. The molecular weight excluding hydrogens is 316 g/mol. The largest absolute Gasteiger partial charge is 0.461 e. The normalized spacial score (nSPS) is 16.9. The van der Waals surface area contributed by atoms with Gasteiger partial charge in [0.2, 0.25) is 0 Å². The molecule has 0 amide bonds. The van der Waals surface area contributed by atoms with Crippen LogP contribution in [0.3, 0.4) is 0 Å². The van der Waals surface area contributed by atoms with E-state index in [1.165, 1.54) is 6.07 Å². The second-order valence-electron chi connectivity index (χ2n) is 5.82. The van der Waals surface area contributed by atoms with Crippen molar-refractivity contribution in [3.05, 3.63) is 56.9 Å². The van der Waals surface area contributed by atoms with Crippen molar-refractivity contribution in [2.75, 3.05) is 0 Å². The highest BCUT2D eigenvalue weighted by atomic mass is 35.5. The van der Waals surface area contributed by atoms with Crippen molar-refractivity contribution in [2.45, 2.75) is 32.8 Å². The molecule has 1 atom stereocenters. The number of allylic oxidation sites excluding steroid dienone is 2. The van der Waals surface area contributed by atoms with E-state index in [4.69, 9.17) is 20.8 Å². The van der Waals surface area contributed by atoms with Crippen molar-refractivity contribution in [3.8, 4) is 0 Å². The molecule has 0 unspecified atom stereocenters. The highest BCUT2D eigenvalue weighted by Crippen LogP contribution is 2.26. The molecule has 120 valence electrons. The Morgan fingerprint density at radius 1 is 1.39 bits per heavy atom. The van der Waals surface area contributed by atoms with Crippen LogP contribution in [-0.4, -0.2) is 5.97 Å². The Morgan fingerprint density at radius 3 is 2.96 bits per heavy atom. The van der Waals surface area contributed by atoms with Crippen LogP contribution in [0.15, 0.2) is 39.6 Å². The van der Waals surface area contributed by atoms with Crippen LogP contribution in [0.2, 0.25) is 5.02 Å². The van der Waals surface area contributed by atoms with Crippen LogP contribution in [0, 0.1) is 12.8 Å². The fourth-order valence-electron chi connectivity index (χ4n) is 2.76. The Balaban J connectivity index is 1.79. The number of hydrogen-bond donors (Lipinski definition) is 0. The molecule has 0 saturated carbocycles. The standard InChI is InChI=1S/C18H17ClO4/c1-11-6-16-14(9-15(11)19)13(8-18(21)23-16)10-22-17(20)7-12-4-2-3-5-12/h2,4,6,8-9,12H,3,5,7,10H2,1H3/t12-/m1/s1. The fourth-order valence-corrected chi connectivity index (χ4v) is 2.93. The minimum absolute atomic E-state index is 0.0384. The quantitative estimate of drug-likeness (QED) is 0.479. The van der Waals surface area contributed by atoms with Gasteiger partial charge in [0.25, 0.3) is 0 Å². The van der Waals surface area contributed by atoms with Crippen molar-refractivity contribution in [1.82, 2.24) is 0 Å². The molecule has 1 aliphatic carbocycles. The summed E-state index contributed by atoms with van der Waals surface area (Å²) in [5, 5.41) is 1.27. The summed E-state index contributed by atoms with van der Waals surface area (Å²) < 4.78 is 10.5. The molecule has 1 aliphatic rings. The van der Waals surface area contributed by atoms with Crippen molar-refractivity contribution < 1.29 is 13.9 Å². The molecule has 1 aromatic carbocycles. The monoisotopic (exact) mass is 332 g/mol. The Labute approximate surface area is 138 Å². The summed E-state index contributed by atoms with van der Waals surface area (Å²) in [5.74, 6) is -0.00155. The molecule has 0 aliphatic heterocycles. The van der Waals surface area contributed by atoms with E-state index in [0.717, 1.165) is 18.4 Å². The van der Waals surface area contributed by atoms with Gasteiger partial charge in [-0.15, -0.1) is 0 Å². The molecule has 23 heavy (non-hydrogen) atoms. The third-order valence-electron chi connectivity index (χ3n) is 4.04. The third kappa shape index (κ3) is 3.64. The predicted molar refractivity (Wildman–Crippen MR) is 88.5 cm³/mol. The van der Waals surface area contributed by atoms with E-state index in [1.807, 2.05) is 6.92 Å². The molecule has 5 heteroatoms.